The number of hydrogen-bond donors (Lipinski definition) is 11. The van der Waals surface area contributed by atoms with Crippen molar-refractivity contribution in [2.75, 3.05) is 13.1 Å². The van der Waals surface area contributed by atoms with E-state index < -0.39 is 114 Å². The fourth-order valence-electron chi connectivity index (χ4n) is 7.44. The zero-order chi connectivity index (χ0) is 50.5. The first-order valence-corrected chi connectivity index (χ1v) is 22.9. The molecule has 0 aliphatic carbocycles. The van der Waals surface area contributed by atoms with Crippen molar-refractivity contribution in [3.05, 3.63) is 35.9 Å². The molecule has 0 bridgehead atoms. The number of benzene rings is 1. The number of hydrogen-bond acceptors (Lipinski definition) is 11. The van der Waals surface area contributed by atoms with E-state index in [-0.39, 0.29) is 69.4 Å². The molecule has 22 heteroatoms. The summed E-state index contributed by atoms with van der Waals surface area (Å²) in [4.78, 5) is 125. The molecule has 1 fully saturated rings. The van der Waals surface area contributed by atoms with Crippen molar-refractivity contribution < 1.29 is 53.4 Å². The smallest absolute Gasteiger partial charge is 0.326 e. The maximum Gasteiger partial charge on any atom is 0.326 e. The second kappa shape index (κ2) is 28.0. The van der Waals surface area contributed by atoms with Gasteiger partial charge in [0.2, 0.25) is 41.4 Å². The maximum absolute atomic E-state index is 14.2. The number of aliphatic carboxylic acids is 2. The number of aliphatic imine (C=N–C) groups is 1. The highest BCUT2D eigenvalue weighted by Crippen LogP contribution is 2.22. The Morgan fingerprint density at radius 2 is 1.30 bits per heavy atom. The summed E-state index contributed by atoms with van der Waals surface area (Å²) in [5.41, 5.74) is 17.3. The lowest BCUT2D eigenvalue weighted by molar-refractivity contribution is -0.144. The number of rotatable bonds is 28. The first kappa shape index (κ1) is 56.8. The van der Waals surface area contributed by atoms with Gasteiger partial charge in [0, 0.05) is 19.5 Å². The summed E-state index contributed by atoms with van der Waals surface area (Å²) in [6, 6.07) is -1.10. The minimum Gasteiger partial charge on any atom is -0.481 e. The molecule has 1 aliphatic rings. The monoisotopic (exact) mass is 944 g/mol. The Labute approximate surface area is 392 Å². The molecule has 0 unspecified atom stereocenters. The summed E-state index contributed by atoms with van der Waals surface area (Å²) in [7, 11) is 0. The van der Waals surface area contributed by atoms with Gasteiger partial charge in [-0.25, -0.2) is 4.79 Å². The van der Waals surface area contributed by atoms with E-state index in [1.165, 1.54) is 11.8 Å². The zero-order valence-electron chi connectivity index (χ0n) is 39.7. The number of carbonyl (C=O) groups is 9. The normalized spacial score (nSPS) is 17.0. The van der Waals surface area contributed by atoms with E-state index in [2.05, 4.69) is 36.9 Å². The molecule has 0 aromatic heterocycles. The number of guanidine groups is 1. The molecule has 7 amide bonds. The Morgan fingerprint density at radius 1 is 0.731 bits per heavy atom. The van der Waals surface area contributed by atoms with Crippen LogP contribution in [-0.2, 0) is 49.6 Å². The van der Waals surface area contributed by atoms with E-state index in [1.807, 2.05) is 27.7 Å². The average Bonchev–Trinajstić information content (AvgIpc) is 3.75. The van der Waals surface area contributed by atoms with Crippen LogP contribution in [0, 0.1) is 17.8 Å². The topological polar surface area (TPSA) is 360 Å². The molecule has 0 radical (unpaired) electrons. The molecule has 1 saturated heterocycles. The number of nitrogens with zero attached hydrogens (tertiary/aromatic N) is 2. The van der Waals surface area contributed by atoms with Crippen LogP contribution in [0.25, 0.3) is 0 Å². The predicted molar refractivity (Wildman–Crippen MR) is 248 cm³/mol. The molecule has 1 aromatic carbocycles. The summed E-state index contributed by atoms with van der Waals surface area (Å²) in [5.74, 6) is -8.59. The molecule has 9 atom stereocenters. The lowest BCUT2D eigenvalue weighted by Gasteiger charge is -2.32. The van der Waals surface area contributed by atoms with Gasteiger partial charge in [0.1, 0.15) is 42.3 Å². The van der Waals surface area contributed by atoms with Crippen molar-refractivity contribution in [1.82, 2.24) is 36.8 Å². The van der Waals surface area contributed by atoms with Crippen molar-refractivity contribution in [2.45, 2.75) is 155 Å². The zero-order valence-corrected chi connectivity index (χ0v) is 39.7. The molecule has 374 valence electrons. The predicted octanol–water partition coefficient (Wildman–Crippen LogP) is -0.773. The van der Waals surface area contributed by atoms with Crippen molar-refractivity contribution in [1.29, 1.82) is 0 Å². The van der Waals surface area contributed by atoms with Gasteiger partial charge in [-0.15, -0.1) is 0 Å². The molecule has 14 N–H and O–H groups in total. The van der Waals surface area contributed by atoms with Crippen molar-refractivity contribution in [3.8, 4) is 0 Å². The number of carboxylic acid groups (broad SMARTS) is 2. The first-order valence-electron chi connectivity index (χ1n) is 22.9. The lowest BCUT2D eigenvalue weighted by atomic mass is 9.96. The maximum atomic E-state index is 14.2. The molecule has 0 saturated carbocycles. The first-order chi connectivity index (χ1) is 31.4. The molecule has 0 spiro atoms. The van der Waals surface area contributed by atoms with E-state index in [0.29, 0.717) is 18.4 Å². The van der Waals surface area contributed by atoms with Gasteiger partial charge in [0.25, 0.3) is 0 Å². The van der Waals surface area contributed by atoms with Crippen LogP contribution in [0.1, 0.15) is 105 Å². The lowest BCUT2D eigenvalue weighted by Crippen LogP contribution is -2.60. The standard InChI is InChI=1S/C45H73N11O11/c1-8-26(6)36(55-41(63)33(23-35(57)58)53-38(60)29(46)20-24(2)3)43(65)56-19-13-17-34(56)42(64)50-27(7)37(59)52-32(22-28-14-10-9-11-15-28)40(62)54-31(21-25(4)5)39(61)51-30(44(66)67)16-12-18-49-45(47)48/h9-11,14-15,24-27,29-34,36H,8,12-13,16-23,46H2,1-7H3,(H,50,64)(H,51,61)(H,52,59)(H,53,60)(H,54,62)(H,55,63)(H,57,58)(H,66,67)(H4,47,48,49)/t26-,27-,29-,30-,31-,32-,33-,34-,36-/m0/s1. The number of likely N-dealkylation sites (tertiary alicyclic amines) is 1. The number of nitrogens with two attached hydrogens (primary N) is 3. The molecule has 22 nitrogen and oxygen atoms in total. The van der Waals surface area contributed by atoms with E-state index in [4.69, 9.17) is 17.2 Å². The number of nitrogens with one attached hydrogen (secondary N) is 6. The quantitative estimate of drug-likeness (QED) is 0.0279. The highest BCUT2D eigenvalue weighted by molar-refractivity contribution is 5.98. The van der Waals surface area contributed by atoms with Crippen LogP contribution in [0.15, 0.2) is 35.3 Å². The van der Waals surface area contributed by atoms with Crippen molar-refractivity contribution >= 4 is 59.2 Å². The molecular formula is C45H73N11O11. The van der Waals surface area contributed by atoms with Crippen molar-refractivity contribution in [2.24, 2.45) is 39.9 Å². The van der Waals surface area contributed by atoms with Crippen LogP contribution in [0.4, 0.5) is 0 Å². The van der Waals surface area contributed by atoms with Crippen molar-refractivity contribution in [3.63, 3.8) is 0 Å². The van der Waals surface area contributed by atoms with Crippen LogP contribution in [0.3, 0.4) is 0 Å². The highest BCUT2D eigenvalue weighted by atomic mass is 16.4. The summed E-state index contributed by atoms with van der Waals surface area (Å²) in [5, 5.41) is 34.9. The van der Waals surface area contributed by atoms with Gasteiger partial charge in [-0.1, -0.05) is 78.3 Å². The van der Waals surface area contributed by atoms with Crippen LogP contribution < -0.4 is 49.1 Å². The number of carboxylic acids is 2. The Kier molecular flexibility index (Phi) is 23.7. The Balaban J connectivity index is 2.27. The minimum absolute atomic E-state index is 0.00288. The van der Waals surface area contributed by atoms with Crippen LogP contribution in [0.5, 0.6) is 0 Å². The van der Waals surface area contributed by atoms with Gasteiger partial charge in [-0.3, -0.25) is 43.3 Å². The van der Waals surface area contributed by atoms with E-state index in [9.17, 15) is 53.4 Å². The Morgan fingerprint density at radius 3 is 1.87 bits per heavy atom. The SMILES string of the molecule is CC[C@H](C)[C@H](NC(=O)[C@H](CC(=O)O)NC(=O)[C@@H](N)CC(C)C)C(=O)N1CCC[C@H]1C(=O)N[C@@H](C)C(=O)N[C@@H](Cc1ccccc1)C(=O)N[C@@H](CC(C)C)C(=O)N[C@@H](CCCN=C(N)N)C(=O)O. The fraction of sp³-hybridized carbons (Fsp3) is 0.644. The van der Waals surface area contributed by atoms with Crippen LogP contribution >= 0.6 is 0 Å². The Bertz CT molecular complexity index is 1890. The molecule has 1 aromatic rings. The van der Waals surface area contributed by atoms with Gasteiger partial charge in [0.05, 0.1) is 12.5 Å². The third kappa shape index (κ3) is 19.6. The van der Waals surface area contributed by atoms with E-state index in [1.54, 1.807) is 44.2 Å². The average molecular weight is 944 g/mol. The van der Waals surface area contributed by atoms with E-state index >= 15 is 0 Å². The van der Waals surface area contributed by atoms with Gasteiger partial charge in [-0.05, 0) is 68.8 Å². The van der Waals surface area contributed by atoms with Crippen LogP contribution in [-0.4, -0.2) is 136 Å². The highest BCUT2D eigenvalue weighted by Gasteiger charge is 2.41. The Hall–Kier alpha value is -6.32. The van der Waals surface area contributed by atoms with Gasteiger partial charge in [0.15, 0.2) is 5.96 Å². The van der Waals surface area contributed by atoms with Gasteiger partial charge < -0.3 is 64.2 Å². The number of carbonyl (C=O) groups excluding carboxylic acids is 7. The second-order valence-electron chi connectivity index (χ2n) is 18.0. The van der Waals surface area contributed by atoms with E-state index in [0.717, 1.165) is 0 Å². The van der Waals surface area contributed by atoms with Gasteiger partial charge >= 0.3 is 11.9 Å². The third-order valence-electron chi connectivity index (χ3n) is 11.3. The molecular weight excluding hydrogens is 871 g/mol. The summed E-state index contributed by atoms with van der Waals surface area (Å²) in [6.45, 7) is 12.5. The largest absolute Gasteiger partial charge is 0.481 e. The van der Waals surface area contributed by atoms with Crippen LogP contribution in [0.2, 0.25) is 0 Å². The molecule has 2 rings (SSSR count). The molecule has 67 heavy (non-hydrogen) atoms. The minimum atomic E-state index is -1.55. The third-order valence-corrected chi connectivity index (χ3v) is 11.3. The fourth-order valence-corrected chi connectivity index (χ4v) is 7.44. The molecule has 1 aliphatic heterocycles. The number of amides is 7. The molecule has 1 heterocycles. The summed E-state index contributed by atoms with van der Waals surface area (Å²) < 4.78 is 0. The summed E-state index contributed by atoms with van der Waals surface area (Å²) >= 11 is 0. The second-order valence-corrected chi connectivity index (χ2v) is 18.0. The van der Waals surface area contributed by atoms with Gasteiger partial charge in [-0.2, -0.15) is 0 Å². The summed E-state index contributed by atoms with van der Waals surface area (Å²) in [6.07, 6.45) is 0.890.